The number of nitrogens with zero attached hydrogens (tertiary/aromatic N) is 1. The summed E-state index contributed by atoms with van der Waals surface area (Å²) in [5, 5.41) is 12.0. The van der Waals surface area contributed by atoms with E-state index in [1.54, 1.807) is 0 Å². The van der Waals surface area contributed by atoms with E-state index in [9.17, 15) is 9.90 Å². The van der Waals surface area contributed by atoms with Gasteiger partial charge < -0.3 is 9.84 Å². The Morgan fingerprint density at radius 1 is 1.03 bits per heavy atom. The Balaban J connectivity index is 1.25. The molecule has 34 heavy (non-hydrogen) atoms. The van der Waals surface area contributed by atoms with Crippen molar-refractivity contribution in [3.63, 3.8) is 0 Å². The minimum atomic E-state index is -0.892. The van der Waals surface area contributed by atoms with E-state index in [0.717, 1.165) is 49.1 Å². The third-order valence-electron chi connectivity index (χ3n) is 5.61. The molecule has 3 aromatic carbocycles. The number of rotatable bonds is 6. The maximum atomic E-state index is 11.4. The number of pyridine rings is 1. The summed E-state index contributed by atoms with van der Waals surface area (Å²) < 4.78 is 6.91. The van der Waals surface area contributed by atoms with Crippen LogP contribution in [0.1, 0.15) is 32.1 Å². The van der Waals surface area contributed by atoms with Crippen molar-refractivity contribution >= 4 is 62.0 Å². The van der Waals surface area contributed by atoms with E-state index < -0.39 is 5.97 Å². The number of carbonyl (C=O) groups is 1. The fraction of sp³-hybridized carbons (Fsp3) is 0.0714. The first kappa shape index (κ1) is 22.1. The second kappa shape index (κ2) is 9.29. The molecular formula is C28H20ClNO3S. The van der Waals surface area contributed by atoms with Crippen LogP contribution in [0.15, 0.2) is 72.8 Å². The number of aryl methyl sites for hydroxylation is 1. The molecule has 0 radical (unpaired) electrons. The molecule has 0 spiro atoms. The highest BCUT2D eigenvalue weighted by Gasteiger charge is 2.14. The van der Waals surface area contributed by atoms with Gasteiger partial charge in [-0.15, -0.1) is 11.3 Å². The van der Waals surface area contributed by atoms with E-state index in [-0.39, 0.29) is 0 Å². The number of fused-ring (bicyclic) bond motifs is 2. The summed E-state index contributed by atoms with van der Waals surface area (Å²) in [5.41, 5.74) is 4.62. The van der Waals surface area contributed by atoms with Crippen molar-refractivity contribution in [2.75, 3.05) is 0 Å². The van der Waals surface area contributed by atoms with Gasteiger partial charge in [0.05, 0.1) is 11.2 Å². The third kappa shape index (κ3) is 4.67. The number of halogens is 1. The summed E-state index contributed by atoms with van der Waals surface area (Å²) in [5.74, 6) is -0.173. The smallest absolute Gasteiger partial charge is 0.346 e. The Kier molecular flexibility index (Phi) is 6.05. The van der Waals surface area contributed by atoms with E-state index in [2.05, 4.69) is 4.98 Å². The van der Waals surface area contributed by atoms with Crippen molar-refractivity contribution < 1.29 is 14.6 Å². The van der Waals surface area contributed by atoms with Crippen LogP contribution in [-0.2, 0) is 6.61 Å². The van der Waals surface area contributed by atoms with Gasteiger partial charge in [-0.05, 0) is 71.5 Å². The zero-order valence-electron chi connectivity index (χ0n) is 18.3. The highest BCUT2D eigenvalue weighted by Crippen LogP contribution is 2.33. The lowest BCUT2D eigenvalue weighted by Crippen LogP contribution is -1.95. The number of aromatic nitrogens is 1. The molecule has 1 N–H and O–H groups in total. The lowest BCUT2D eigenvalue weighted by Gasteiger charge is -2.07. The average molecular weight is 486 g/mol. The summed E-state index contributed by atoms with van der Waals surface area (Å²) in [6, 6.07) is 23.6. The maximum Gasteiger partial charge on any atom is 0.346 e. The van der Waals surface area contributed by atoms with Crippen molar-refractivity contribution in [3.8, 4) is 5.75 Å². The first-order valence-electron chi connectivity index (χ1n) is 10.7. The SMILES string of the molecule is Cc1c(C(=O)O)sc2ccc(OCc3ccc(C=Cc4ccc5ccc(Cl)cc5n4)cc3)cc12. The number of carboxylic acid groups (broad SMARTS) is 1. The molecule has 0 aliphatic rings. The maximum absolute atomic E-state index is 11.4. The van der Waals surface area contributed by atoms with Crippen LogP contribution in [0, 0.1) is 6.92 Å². The van der Waals surface area contributed by atoms with Crippen molar-refractivity contribution in [1.82, 2.24) is 4.98 Å². The highest BCUT2D eigenvalue weighted by atomic mass is 35.5. The third-order valence-corrected chi connectivity index (χ3v) is 7.11. The number of benzene rings is 3. The molecule has 0 bridgehead atoms. The standard InChI is InChI=1S/C28H20ClNO3S/c1-17-24-15-23(12-13-26(24)34-27(17)28(31)32)33-16-19-4-2-18(3-5-19)6-10-22-11-8-20-7-9-21(29)14-25(20)30-22/h2-15H,16H2,1H3,(H,31,32). The molecule has 0 fully saturated rings. The van der Waals surface area contributed by atoms with Gasteiger partial charge in [-0.1, -0.05) is 54.1 Å². The zero-order chi connectivity index (χ0) is 23.7. The molecule has 4 nitrogen and oxygen atoms in total. The van der Waals surface area contributed by atoms with Crippen LogP contribution < -0.4 is 4.74 Å². The molecule has 168 valence electrons. The fourth-order valence-corrected chi connectivity index (χ4v) is 4.96. The van der Waals surface area contributed by atoms with Gasteiger partial charge in [-0.2, -0.15) is 0 Å². The van der Waals surface area contributed by atoms with Gasteiger partial charge in [0.2, 0.25) is 0 Å². The molecule has 5 rings (SSSR count). The van der Waals surface area contributed by atoms with E-state index in [1.165, 1.54) is 11.3 Å². The second-order valence-electron chi connectivity index (χ2n) is 7.96. The molecule has 0 saturated heterocycles. The largest absolute Gasteiger partial charge is 0.489 e. The lowest BCUT2D eigenvalue weighted by molar-refractivity contribution is 0.0701. The fourth-order valence-electron chi connectivity index (χ4n) is 3.77. The summed E-state index contributed by atoms with van der Waals surface area (Å²) >= 11 is 7.37. The number of hydrogen-bond acceptors (Lipinski definition) is 4. The quantitative estimate of drug-likeness (QED) is 0.266. The van der Waals surface area contributed by atoms with Gasteiger partial charge in [0.25, 0.3) is 0 Å². The molecular weight excluding hydrogens is 466 g/mol. The van der Waals surface area contributed by atoms with Crippen molar-refractivity contribution in [2.45, 2.75) is 13.5 Å². The summed E-state index contributed by atoms with van der Waals surface area (Å²) in [6.45, 7) is 2.26. The van der Waals surface area contributed by atoms with Crippen LogP contribution in [0.2, 0.25) is 5.02 Å². The topological polar surface area (TPSA) is 59.4 Å². The van der Waals surface area contributed by atoms with Crippen LogP contribution in [-0.4, -0.2) is 16.1 Å². The van der Waals surface area contributed by atoms with E-state index in [1.807, 2.05) is 91.9 Å². The van der Waals surface area contributed by atoms with Crippen molar-refractivity contribution in [1.29, 1.82) is 0 Å². The Hall–Kier alpha value is -3.67. The number of carboxylic acids is 1. The van der Waals surface area contributed by atoms with Crippen LogP contribution in [0.25, 0.3) is 33.1 Å². The monoisotopic (exact) mass is 485 g/mol. The molecule has 0 amide bonds. The minimum Gasteiger partial charge on any atom is -0.489 e. The zero-order valence-corrected chi connectivity index (χ0v) is 19.9. The van der Waals surface area contributed by atoms with Crippen molar-refractivity contribution in [3.05, 3.63) is 105 Å². The van der Waals surface area contributed by atoms with Crippen LogP contribution in [0.3, 0.4) is 0 Å². The highest BCUT2D eigenvalue weighted by molar-refractivity contribution is 7.21. The van der Waals surface area contributed by atoms with E-state index in [4.69, 9.17) is 16.3 Å². The number of hydrogen-bond donors (Lipinski definition) is 1. The second-order valence-corrected chi connectivity index (χ2v) is 9.44. The van der Waals surface area contributed by atoms with Crippen molar-refractivity contribution in [2.24, 2.45) is 0 Å². The van der Waals surface area contributed by atoms with Gasteiger partial charge in [-0.3, -0.25) is 0 Å². The predicted octanol–water partition coefficient (Wildman–Crippen LogP) is 7.86. The van der Waals surface area contributed by atoms with Crippen LogP contribution in [0.4, 0.5) is 0 Å². The van der Waals surface area contributed by atoms with Gasteiger partial charge in [-0.25, -0.2) is 9.78 Å². The van der Waals surface area contributed by atoms with E-state index >= 15 is 0 Å². The number of thiophene rings is 1. The van der Waals surface area contributed by atoms with E-state index in [0.29, 0.717) is 16.5 Å². The molecule has 0 unspecified atom stereocenters. The molecule has 0 aliphatic heterocycles. The Morgan fingerprint density at radius 2 is 1.82 bits per heavy atom. The van der Waals surface area contributed by atoms with Gasteiger partial charge in [0.15, 0.2) is 0 Å². The first-order chi connectivity index (χ1) is 16.5. The Bertz CT molecular complexity index is 1550. The minimum absolute atomic E-state index is 0.374. The molecule has 0 saturated carbocycles. The lowest BCUT2D eigenvalue weighted by atomic mass is 10.1. The summed E-state index contributed by atoms with van der Waals surface area (Å²) in [7, 11) is 0. The first-order valence-corrected chi connectivity index (χ1v) is 11.9. The van der Waals surface area contributed by atoms with Gasteiger partial charge >= 0.3 is 5.97 Å². The Labute approximate surface area is 205 Å². The van der Waals surface area contributed by atoms with Gasteiger partial charge in [0.1, 0.15) is 17.2 Å². The number of aromatic carboxylic acids is 1. The molecule has 2 heterocycles. The van der Waals surface area contributed by atoms with Crippen LogP contribution in [0.5, 0.6) is 5.75 Å². The average Bonchev–Trinajstić information content (AvgIpc) is 3.18. The normalized spacial score (nSPS) is 11.5. The number of ether oxygens (including phenoxy) is 1. The Morgan fingerprint density at radius 3 is 2.62 bits per heavy atom. The summed E-state index contributed by atoms with van der Waals surface area (Å²) in [4.78, 5) is 16.4. The summed E-state index contributed by atoms with van der Waals surface area (Å²) in [6.07, 6.45) is 4.01. The molecule has 2 aromatic heterocycles. The molecule has 0 atom stereocenters. The molecule has 6 heteroatoms. The van der Waals surface area contributed by atoms with Gasteiger partial charge in [0, 0.05) is 15.1 Å². The molecule has 5 aromatic rings. The molecule has 0 aliphatic carbocycles. The predicted molar refractivity (Wildman–Crippen MR) is 140 cm³/mol. The van der Waals surface area contributed by atoms with Crippen LogP contribution >= 0.6 is 22.9 Å².